The summed E-state index contributed by atoms with van der Waals surface area (Å²) in [6, 6.07) is 27.0. The van der Waals surface area contributed by atoms with Crippen LogP contribution in [0, 0.1) is 19.7 Å². The summed E-state index contributed by atoms with van der Waals surface area (Å²) in [6.45, 7) is 3.95. The van der Waals surface area contributed by atoms with Crippen molar-refractivity contribution in [3.05, 3.63) is 131 Å². The van der Waals surface area contributed by atoms with Crippen molar-refractivity contribution < 1.29 is 18.8 Å². The molecule has 202 valence electrons. The summed E-state index contributed by atoms with van der Waals surface area (Å²) in [5, 5.41) is 8.39. The van der Waals surface area contributed by atoms with Crippen molar-refractivity contribution in [2.75, 3.05) is 16.4 Å². The standard InChI is InChI=1S/C32H28FN3O3S/c1-21-11-16-28(22(2)17-21)35-30(37)20-40-27-10-6-9-26(19-27)34-32(39)29(18-23-12-14-25(33)15-13-23)36-31(38)24-7-4-3-5-8-24/h3-19H,20H2,1-2H3,(H,34,39)(H,35,37)(H,36,38)/b29-18+. The van der Waals surface area contributed by atoms with Crippen LogP contribution in [0.3, 0.4) is 0 Å². The molecule has 4 aromatic rings. The molecule has 0 fully saturated rings. The maximum Gasteiger partial charge on any atom is 0.272 e. The molecule has 40 heavy (non-hydrogen) atoms. The molecule has 0 radical (unpaired) electrons. The summed E-state index contributed by atoms with van der Waals surface area (Å²) in [6.07, 6.45) is 1.48. The van der Waals surface area contributed by atoms with Crippen LogP contribution in [-0.2, 0) is 9.59 Å². The molecule has 4 rings (SSSR count). The molecule has 0 aliphatic rings. The largest absolute Gasteiger partial charge is 0.325 e. The Labute approximate surface area is 236 Å². The lowest BCUT2D eigenvalue weighted by Gasteiger charge is -2.12. The summed E-state index contributed by atoms with van der Waals surface area (Å²) in [7, 11) is 0. The molecule has 0 aromatic heterocycles. The molecule has 0 aliphatic heterocycles. The monoisotopic (exact) mass is 553 g/mol. The van der Waals surface area contributed by atoms with Gasteiger partial charge in [-0.15, -0.1) is 11.8 Å². The van der Waals surface area contributed by atoms with Crippen molar-refractivity contribution in [3.63, 3.8) is 0 Å². The van der Waals surface area contributed by atoms with E-state index in [-0.39, 0.29) is 17.4 Å². The first-order chi connectivity index (χ1) is 19.3. The van der Waals surface area contributed by atoms with E-state index in [4.69, 9.17) is 0 Å². The molecule has 6 nitrogen and oxygen atoms in total. The Morgan fingerprint density at radius 1 is 0.825 bits per heavy atom. The fraction of sp³-hybridized carbons (Fsp3) is 0.0938. The van der Waals surface area contributed by atoms with Gasteiger partial charge in [0, 0.05) is 21.8 Å². The molecule has 0 aliphatic carbocycles. The highest BCUT2D eigenvalue weighted by Crippen LogP contribution is 2.23. The number of hydrogen-bond acceptors (Lipinski definition) is 4. The van der Waals surface area contributed by atoms with Crippen molar-refractivity contribution in [2.24, 2.45) is 0 Å². The van der Waals surface area contributed by atoms with Gasteiger partial charge in [-0.05, 0) is 79.6 Å². The molecule has 3 amide bonds. The van der Waals surface area contributed by atoms with E-state index >= 15 is 0 Å². The molecular formula is C32H28FN3O3S. The highest BCUT2D eigenvalue weighted by molar-refractivity contribution is 8.00. The Morgan fingerprint density at radius 3 is 2.30 bits per heavy atom. The Morgan fingerprint density at radius 2 is 1.57 bits per heavy atom. The normalized spacial score (nSPS) is 11.0. The molecule has 0 saturated heterocycles. The molecule has 0 heterocycles. The highest BCUT2D eigenvalue weighted by Gasteiger charge is 2.15. The maximum absolute atomic E-state index is 13.4. The molecular weight excluding hydrogens is 525 g/mol. The van der Waals surface area contributed by atoms with Crippen LogP contribution in [0.1, 0.15) is 27.0 Å². The lowest BCUT2D eigenvalue weighted by molar-refractivity contribution is -0.114. The number of carbonyl (C=O) groups excluding carboxylic acids is 3. The molecule has 0 bridgehead atoms. The first kappa shape index (κ1) is 28.3. The zero-order valence-electron chi connectivity index (χ0n) is 22.0. The van der Waals surface area contributed by atoms with E-state index in [9.17, 15) is 18.8 Å². The van der Waals surface area contributed by atoms with Gasteiger partial charge in [0.15, 0.2) is 0 Å². The first-order valence-electron chi connectivity index (χ1n) is 12.5. The van der Waals surface area contributed by atoms with Crippen LogP contribution in [0.4, 0.5) is 15.8 Å². The zero-order chi connectivity index (χ0) is 28.5. The molecule has 3 N–H and O–H groups in total. The lowest BCUT2D eigenvalue weighted by atomic mass is 10.1. The van der Waals surface area contributed by atoms with Gasteiger partial charge < -0.3 is 16.0 Å². The molecule has 0 unspecified atom stereocenters. The van der Waals surface area contributed by atoms with E-state index in [1.807, 2.05) is 38.1 Å². The first-order valence-corrected chi connectivity index (χ1v) is 13.5. The molecule has 0 saturated carbocycles. The van der Waals surface area contributed by atoms with Crippen LogP contribution < -0.4 is 16.0 Å². The van der Waals surface area contributed by atoms with E-state index in [1.165, 1.54) is 42.1 Å². The van der Waals surface area contributed by atoms with Crippen molar-refractivity contribution >= 4 is 46.9 Å². The second kappa shape index (κ2) is 13.4. The third-order valence-corrected chi connectivity index (χ3v) is 6.82. The van der Waals surface area contributed by atoms with Gasteiger partial charge in [-0.3, -0.25) is 14.4 Å². The Balaban J connectivity index is 1.44. The van der Waals surface area contributed by atoms with E-state index in [0.717, 1.165) is 21.7 Å². The minimum absolute atomic E-state index is 0.00800. The fourth-order valence-electron chi connectivity index (χ4n) is 3.82. The average molecular weight is 554 g/mol. The van der Waals surface area contributed by atoms with Crippen LogP contribution >= 0.6 is 11.8 Å². The van der Waals surface area contributed by atoms with Gasteiger partial charge >= 0.3 is 0 Å². The number of rotatable bonds is 9. The van der Waals surface area contributed by atoms with E-state index in [0.29, 0.717) is 16.8 Å². The topological polar surface area (TPSA) is 87.3 Å². The maximum atomic E-state index is 13.4. The van der Waals surface area contributed by atoms with E-state index in [2.05, 4.69) is 16.0 Å². The summed E-state index contributed by atoms with van der Waals surface area (Å²) in [4.78, 5) is 39.3. The Hall–Kier alpha value is -4.69. The van der Waals surface area contributed by atoms with Gasteiger partial charge in [0.05, 0.1) is 5.75 Å². The number of amides is 3. The van der Waals surface area contributed by atoms with Crippen LogP contribution in [0.5, 0.6) is 0 Å². The summed E-state index contributed by atoms with van der Waals surface area (Å²) in [5.41, 5.74) is 4.30. The quantitative estimate of drug-likeness (QED) is 0.161. The molecule has 8 heteroatoms. The third kappa shape index (κ3) is 8.15. The van der Waals surface area contributed by atoms with Gasteiger partial charge in [0.2, 0.25) is 5.91 Å². The van der Waals surface area contributed by atoms with Crippen LogP contribution in [0.15, 0.2) is 108 Å². The van der Waals surface area contributed by atoms with Gasteiger partial charge in [-0.25, -0.2) is 4.39 Å². The van der Waals surface area contributed by atoms with E-state index < -0.39 is 17.6 Å². The predicted molar refractivity (Wildman–Crippen MR) is 159 cm³/mol. The fourth-order valence-corrected chi connectivity index (χ4v) is 4.57. The number of halogens is 1. The van der Waals surface area contributed by atoms with Crippen molar-refractivity contribution in [2.45, 2.75) is 18.7 Å². The number of benzene rings is 4. The summed E-state index contributed by atoms with van der Waals surface area (Å²) < 4.78 is 13.4. The van der Waals surface area contributed by atoms with Crippen molar-refractivity contribution in [1.29, 1.82) is 0 Å². The lowest BCUT2D eigenvalue weighted by Crippen LogP contribution is -2.30. The highest BCUT2D eigenvalue weighted by atomic mass is 32.2. The minimum Gasteiger partial charge on any atom is -0.325 e. The SMILES string of the molecule is Cc1ccc(NC(=O)CSc2cccc(NC(=O)/C(=C\c3ccc(F)cc3)NC(=O)c3ccccc3)c2)c(C)c1. The molecule has 0 spiro atoms. The van der Waals surface area contributed by atoms with Crippen LogP contribution in [-0.4, -0.2) is 23.5 Å². The van der Waals surface area contributed by atoms with Gasteiger partial charge in [0.1, 0.15) is 11.5 Å². The third-order valence-electron chi connectivity index (χ3n) is 5.83. The minimum atomic E-state index is -0.552. The smallest absolute Gasteiger partial charge is 0.272 e. The number of carbonyl (C=O) groups is 3. The number of anilines is 2. The Kier molecular flexibility index (Phi) is 9.48. The predicted octanol–water partition coefficient (Wildman–Crippen LogP) is 6.58. The number of nitrogens with one attached hydrogen (secondary N) is 3. The van der Waals surface area contributed by atoms with Gasteiger partial charge in [-0.1, -0.05) is 54.1 Å². The van der Waals surface area contributed by atoms with Crippen LogP contribution in [0.25, 0.3) is 6.08 Å². The van der Waals surface area contributed by atoms with Gasteiger partial charge in [-0.2, -0.15) is 0 Å². The molecule has 0 atom stereocenters. The van der Waals surface area contributed by atoms with Gasteiger partial charge in [0.25, 0.3) is 11.8 Å². The van der Waals surface area contributed by atoms with Crippen molar-refractivity contribution in [3.8, 4) is 0 Å². The number of hydrogen-bond donors (Lipinski definition) is 3. The second-order valence-electron chi connectivity index (χ2n) is 9.07. The molecule has 4 aromatic carbocycles. The Bertz CT molecular complexity index is 1550. The average Bonchev–Trinajstić information content (AvgIpc) is 2.95. The van der Waals surface area contributed by atoms with E-state index in [1.54, 1.807) is 48.5 Å². The summed E-state index contributed by atoms with van der Waals surface area (Å²) in [5.74, 6) is -1.37. The second-order valence-corrected chi connectivity index (χ2v) is 10.1. The summed E-state index contributed by atoms with van der Waals surface area (Å²) >= 11 is 1.34. The van der Waals surface area contributed by atoms with Crippen LogP contribution in [0.2, 0.25) is 0 Å². The zero-order valence-corrected chi connectivity index (χ0v) is 22.8. The van der Waals surface area contributed by atoms with Crippen molar-refractivity contribution in [1.82, 2.24) is 5.32 Å². The number of thioether (sulfide) groups is 1. The number of aryl methyl sites for hydroxylation is 2.